The lowest BCUT2D eigenvalue weighted by molar-refractivity contribution is -0.383. The second kappa shape index (κ2) is 4.02. The fourth-order valence-corrected chi connectivity index (χ4v) is 2.75. The third kappa shape index (κ3) is 1.71. The van der Waals surface area contributed by atoms with Crippen LogP contribution in [-0.2, 0) is 0 Å². The summed E-state index contributed by atoms with van der Waals surface area (Å²) in [6, 6.07) is 8.22. The first-order valence-corrected chi connectivity index (χ1v) is 6.49. The minimum Gasteiger partial charge on any atom is -0.393 e. The Balaban J connectivity index is 2.33. The number of nitrogens with two attached hydrogens (primary N) is 1. The second-order valence-corrected chi connectivity index (χ2v) is 5.48. The van der Waals surface area contributed by atoms with Crippen LogP contribution in [0.25, 0.3) is 11.1 Å². The number of hydrogen-bond donors (Lipinski definition) is 1. The molecule has 2 N–H and O–H groups in total. The van der Waals surface area contributed by atoms with Crippen LogP contribution in [0.2, 0.25) is 0 Å². The van der Waals surface area contributed by atoms with Crippen molar-refractivity contribution in [3.8, 4) is 11.1 Å². The molecular formula is C13H7IN2O3. The van der Waals surface area contributed by atoms with Crippen molar-refractivity contribution in [1.82, 2.24) is 0 Å². The van der Waals surface area contributed by atoms with E-state index in [0.717, 1.165) is 9.13 Å². The highest BCUT2D eigenvalue weighted by atomic mass is 127. The van der Waals surface area contributed by atoms with E-state index in [9.17, 15) is 14.9 Å². The van der Waals surface area contributed by atoms with E-state index in [1.165, 1.54) is 12.1 Å². The van der Waals surface area contributed by atoms with Crippen LogP contribution < -0.4 is 5.73 Å². The third-order valence-electron chi connectivity index (χ3n) is 3.12. The SMILES string of the molecule is Nc1cc2c(cc1[N+](=O)[O-])-c1ccc(I)cc1C2=O. The maximum Gasteiger partial charge on any atom is 0.292 e. The lowest BCUT2D eigenvalue weighted by Crippen LogP contribution is -2.00. The molecule has 0 aromatic heterocycles. The number of fused-ring (bicyclic) bond motifs is 3. The molecule has 2 aromatic rings. The lowest BCUT2D eigenvalue weighted by Gasteiger charge is -2.02. The molecule has 3 rings (SSSR count). The molecule has 0 atom stereocenters. The Labute approximate surface area is 121 Å². The molecular weight excluding hydrogens is 359 g/mol. The van der Waals surface area contributed by atoms with E-state index in [1.54, 1.807) is 12.1 Å². The van der Waals surface area contributed by atoms with Gasteiger partial charge in [-0.3, -0.25) is 14.9 Å². The first kappa shape index (κ1) is 12.1. The number of nitro groups is 1. The quantitative estimate of drug-likeness (QED) is 0.311. The average Bonchev–Trinajstić information content (AvgIpc) is 2.61. The number of anilines is 1. The highest BCUT2D eigenvalue weighted by Gasteiger charge is 2.30. The van der Waals surface area contributed by atoms with Crippen molar-refractivity contribution in [2.75, 3.05) is 5.73 Å². The first-order valence-electron chi connectivity index (χ1n) is 5.41. The van der Waals surface area contributed by atoms with Gasteiger partial charge >= 0.3 is 0 Å². The van der Waals surface area contributed by atoms with E-state index in [1.807, 2.05) is 6.07 Å². The molecule has 0 radical (unpaired) electrons. The zero-order valence-corrected chi connectivity index (χ0v) is 11.7. The summed E-state index contributed by atoms with van der Waals surface area (Å²) in [7, 11) is 0. The van der Waals surface area contributed by atoms with Gasteiger partial charge in [-0.2, -0.15) is 0 Å². The van der Waals surface area contributed by atoms with Gasteiger partial charge in [-0.05, 0) is 46.4 Å². The van der Waals surface area contributed by atoms with Gasteiger partial charge in [0, 0.05) is 26.3 Å². The molecule has 0 unspecified atom stereocenters. The third-order valence-corrected chi connectivity index (χ3v) is 3.80. The zero-order valence-electron chi connectivity index (χ0n) is 9.51. The fourth-order valence-electron chi connectivity index (χ4n) is 2.26. The maximum absolute atomic E-state index is 12.2. The van der Waals surface area contributed by atoms with Crippen molar-refractivity contribution in [2.24, 2.45) is 0 Å². The molecule has 5 nitrogen and oxygen atoms in total. The molecule has 0 fully saturated rings. The predicted molar refractivity (Wildman–Crippen MR) is 79.1 cm³/mol. The fraction of sp³-hybridized carbons (Fsp3) is 0. The van der Waals surface area contributed by atoms with Crippen LogP contribution in [0.4, 0.5) is 11.4 Å². The molecule has 0 saturated carbocycles. The van der Waals surface area contributed by atoms with E-state index >= 15 is 0 Å². The Morgan fingerprint density at radius 3 is 2.42 bits per heavy atom. The Morgan fingerprint density at radius 1 is 1.05 bits per heavy atom. The van der Waals surface area contributed by atoms with E-state index in [0.29, 0.717) is 16.7 Å². The number of nitro benzene ring substituents is 1. The molecule has 6 heteroatoms. The number of nitrogen functional groups attached to an aromatic ring is 1. The zero-order chi connectivity index (χ0) is 13.7. The summed E-state index contributed by atoms with van der Waals surface area (Å²) in [5, 5.41) is 10.9. The molecule has 0 saturated heterocycles. The van der Waals surface area contributed by atoms with Crippen LogP contribution in [0.5, 0.6) is 0 Å². The molecule has 0 amide bonds. The summed E-state index contributed by atoms with van der Waals surface area (Å²) in [4.78, 5) is 22.6. The Morgan fingerprint density at radius 2 is 1.74 bits per heavy atom. The number of hydrogen-bond acceptors (Lipinski definition) is 4. The monoisotopic (exact) mass is 366 g/mol. The number of benzene rings is 2. The van der Waals surface area contributed by atoms with Crippen LogP contribution >= 0.6 is 22.6 Å². The van der Waals surface area contributed by atoms with Crippen LogP contribution in [0, 0.1) is 13.7 Å². The molecule has 0 aliphatic heterocycles. The van der Waals surface area contributed by atoms with Gasteiger partial charge in [0.2, 0.25) is 0 Å². The molecule has 1 aliphatic rings. The van der Waals surface area contributed by atoms with Crippen LogP contribution in [-0.4, -0.2) is 10.7 Å². The van der Waals surface area contributed by atoms with Crippen molar-refractivity contribution in [1.29, 1.82) is 0 Å². The van der Waals surface area contributed by atoms with Gasteiger partial charge in [0.25, 0.3) is 5.69 Å². The summed E-state index contributed by atoms with van der Waals surface area (Å²) < 4.78 is 0.944. The summed E-state index contributed by atoms with van der Waals surface area (Å²) >= 11 is 2.12. The normalized spacial score (nSPS) is 12.2. The average molecular weight is 366 g/mol. The summed E-state index contributed by atoms with van der Waals surface area (Å²) in [5.74, 6) is -0.134. The number of nitrogens with zero attached hydrogens (tertiary/aromatic N) is 1. The summed E-state index contributed by atoms with van der Waals surface area (Å²) in [6.45, 7) is 0. The Kier molecular flexibility index (Phi) is 2.56. The van der Waals surface area contributed by atoms with Crippen molar-refractivity contribution in [3.05, 3.63) is 55.1 Å². The second-order valence-electron chi connectivity index (χ2n) is 4.23. The van der Waals surface area contributed by atoms with Gasteiger partial charge in [0.15, 0.2) is 5.78 Å². The lowest BCUT2D eigenvalue weighted by atomic mass is 10.0. The van der Waals surface area contributed by atoms with Crippen LogP contribution in [0.3, 0.4) is 0 Å². The molecule has 94 valence electrons. The van der Waals surface area contributed by atoms with Crippen molar-refractivity contribution in [2.45, 2.75) is 0 Å². The van der Waals surface area contributed by atoms with Gasteiger partial charge in [0.1, 0.15) is 5.69 Å². The van der Waals surface area contributed by atoms with Gasteiger partial charge in [-0.1, -0.05) is 6.07 Å². The van der Waals surface area contributed by atoms with Gasteiger partial charge in [0.05, 0.1) is 4.92 Å². The topological polar surface area (TPSA) is 86.2 Å². The standard InChI is InChI=1S/C13H7IN2O3/c14-6-1-2-7-8-5-12(16(18)19)11(15)4-10(8)13(17)9(7)3-6/h1-5H,15H2. The number of ketones is 1. The van der Waals surface area contributed by atoms with Crippen molar-refractivity contribution < 1.29 is 9.72 Å². The van der Waals surface area contributed by atoms with Gasteiger partial charge in [-0.15, -0.1) is 0 Å². The molecule has 0 bridgehead atoms. The maximum atomic E-state index is 12.2. The summed E-state index contributed by atoms with van der Waals surface area (Å²) in [6.07, 6.45) is 0. The van der Waals surface area contributed by atoms with Gasteiger partial charge < -0.3 is 5.73 Å². The number of carbonyl (C=O) groups excluding carboxylic acids is 1. The molecule has 0 spiro atoms. The van der Waals surface area contributed by atoms with Crippen LogP contribution in [0.15, 0.2) is 30.3 Å². The minimum atomic E-state index is -0.537. The van der Waals surface area contributed by atoms with Crippen molar-refractivity contribution in [3.63, 3.8) is 0 Å². The largest absolute Gasteiger partial charge is 0.393 e. The molecule has 2 aromatic carbocycles. The smallest absolute Gasteiger partial charge is 0.292 e. The summed E-state index contributed by atoms with van der Waals surface area (Å²) in [5.41, 5.74) is 7.78. The molecule has 0 heterocycles. The minimum absolute atomic E-state index is 0.0135. The predicted octanol–water partition coefficient (Wildman–Crippen LogP) is 2.99. The van der Waals surface area contributed by atoms with E-state index in [2.05, 4.69) is 22.6 Å². The highest BCUT2D eigenvalue weighted by Crippen LogP contribution is 2.41. The molecule has 19 heavy (non-hydrogen) atoms. The Hall–Kier alpha value is -1.96. The van der Waals surface area contributed by atoms with E-state index < -0.39 is 4.92 Å². The number of halogens is 1. The first-order chi connectivity index (χ1) is 8.99. The van der Waals surface area contributed by atoms with Gasteiger partial charge in [-0.25, -0.2) is 0 Å². The van der Waals surface area contributed by atoms with E-state index in [-0.39, 0.29) is 17.2 Å². The Bertz CT molecular complexity index is 756. The number of rotatable bonds is 1. The van der Waals surface area contributed by atoms with Crippen molar-refractivity contribution >= 4 is 39.7 Å². The highest BCUT2D eigenvalue weighted by molar-refractivity contribution is 14.1. The van der Waals surface area contributed by atoms with E-state index in [4.69, 9.17) is 5.73 Å². The van der Waals surface area contributed by atoms with Crippen LogP contribution in [0.1, 0.15) is 15.9 Å². The molecule has 1 aliphatic carbocycles. The number of carbonyl (C=O) groups is 1.